The number of hydrogen-bond donors (Lipinski definition) is 1. The lowest BCUT2D eigenvalue weighted by molar-refractivity contribution is 0.0188. The molecule has 0 unspecified atom stereocenters. The van der Waals surface area contributed by atoms with E-state index in [2.05, 4.69) is 17.0 Å². The van der Waals surface area contributed by atoms with Crippen LogP contribution in [-0.4, -0.2) is 32.7 Å². The predicted octanol–water partition coefficient (Wildman–Crippen LogP) is 1.66. The van der Waals surface area contributed by atoms with E-state index in [4.69, 9.17) is 0 Å². The molecule has 2 nitrogen and oxygen atoms in total. The van der Waals surface area contributed by atoms with Crippen LogP contribution in [0.4, 0.5) is 8.78 Å². The second-order valence-corrected chi connectivity index (χ2v) is 2.57. The smallest absolute Gasteiger partial charge is 0.261 e. The minimum Gasteiger partial charge on any atom is -0.374 e. The van der Waals surface area contributed by atoms with E-state index in [1.807, 2.05) is 0 Å². The van der Waals surface area contributed by atoms with Gasteiger partial charge in [0.2, 0.25) is 0 Å². The van der Waals surface area contributed by atoms with Crippen molar-refractivity contribution in [2.45, 2.75) is 26.2 Å². The highest BCUT2D eigenvalue weighted by Crippen LogP contribution is 1.91. The van der Waals surface area contributed by atoms with Gasteiger partial charge < -0.3 is 10.1 Å². The van der Waals surface area contributed by atoms with Gasteiger partial charge >= 0.3 is 0 Å². The Morgan fingerprint density at radius 3 is 2.67 bits per heavy atom. The van der Waals surface area contributed by atoms with Crippen molar-refractivity contribution in [2.75, 3.05) is 26.3 Å². The molecule has 74 valence electrons. The topological polar surface area (TPSA) is 21.3 Å². The monoisotopic (exact) mass is 181 g/mol. The summed E-state index contributed by atoms with van der Waals surface area (Å²) in [6.07, 6.45) is -0.0830. The molecule has 0 aliphatic rings. The van der Waals surface area contributed by atoms with Crippen LogP contribution in [0.25, 0.3) is 0 Å². The molecule has 0 spiro atoms. The normalized spacial score (nSPS) is 11.0. The summed E-state index contributed by atoms with van der Waals surface area (Å²) in [5.74, 6) is 0. The third-order valence-corrected chi connectivity index (χ3v) is 1.37. The van der Waals surface area contributed by atoms with Gasteiger partial charge in [-0.3, -0.25) is 0 Å². The van der Waals surface area contributed by atoms with E-state index >= 15 is 0 Å². The Kier molecular flexibility index (Phi) is 8.71. The third-order valence-electron chi connectivity index (χ3n) is 1.37. The lowest BCUT2D eigenvalue weighted by Crippen LogP contribution is -2.21. The summed E-state index contributed by atoms with van der Waals surface area (Å²) in [5, 5.41) is 3.09. The fourth-order valence-electron chi connectivity index (χ4n) is 0.744. The minimum atomic E-state index is -2.35. The Balaban J connectivity index is 2.82. The fraction of sp³-hybridized carbons (Fsp3) is 1.00. The molecule has 0 saturated heterocycles. The van der Waals surface area contributed by atoms with Crippen LogP contribution in [0.1, 0.15) is 19.8 Å². The van der Waals surface area contributed by atoms with Crippen LogP contribution in [-0.2, 0) is 4.74 Å². The third kappa shape index (κ3) is 9.78. The Hall–Kier alpha value is -0.220. The van der Waals surface area contributed by atoms with Crippen LogP contribution in [0.2, 0.25) is 0 Å². The van der Waals surface area contributed by atoms with Gasteiger partial charge in [0, 0.05) is 6.54 Å². The maximum absolute atomic E-state index is 11.5. The highest BCUT2D eigenvalue weighted by molar-refractivity contribution is 4.45. The molecule has 0 heterocycles. The van der Waals surface area contributed by atoms with E-state index in [-0.39, 0.29) is 0 Å². The molecule has 0 rings (SSSR count). The summed E-state index contributed by atoms with van der Waals surface area (Å²) in [4.78, 5) is 0. The van der Waals surface area contributed by atoms with E-state index in [1.165, 1.54) is 0 Å². The van der Waals surface area contributed by atoms with Gasteiger partial charge in [0.15, 0.2) is 0 Å². The molecule has 0 saturated carbocycles. The average Bonchev–Trinajstić information content (AvgIpc) is 2.02. The number of unbranched alkanes of at least 4 members (excludes halogenated alkanes) is 1. The number of hydrogen-bond acceptors (Lipinski definition) is 2. The lowest BCUT2D eigenvalue weighted by atomic mass is 10.3. The highest BCUT2D eigenvalue weighted by Gasteiger charge is 2.00. The van der Waals surface area contributed by atoms with Crippen LogP contribution in [0.15, 0.2) is 0 Å². The molecule has 0 aromatic carbocycles. The van der Waals surface area contributed by atoms with Gasteiger partial charge in [0.1, 0.15) is 6.61 Å². The van der Waals surface area contributed by atoms with Crippen molar-refractivity contribution in [2.24, 2.45) is 0 Å². The van der Waals surface area contributed by atoms with Crippen molar-refractivity contribution >= 4 is 0 Å². The summed E-state index contributed by atoms with van der Waals surface area (Å²) in [6.45, 7) is 3.62. The minimum absolute atomic E-state index is 0.369. The second-order valence-electron chi connectivity index (χ2n) is 2.57. The molecule has 1 N–H and O–H groups in total. The molecule has 0 bridgehead atoms. The summed E-state index contributed by atoms with van der Waals surface area (Å²) >= 11 is 0. The molecule has 12 heavy (non-hydrogen) atoms. The zero-order valence-corrected chi connectivity index (χ0v) is 7.48. The molecular weight excluding hydrogens is 164 g/mol. The molecule has 0 aromatic rings. The lowest BCUT2D eigenvalue weighted by Gasteiger charge is -2.04. The second kappa shape index (κ2) is 8.87. The van der Waals surface area contributed by atoms with Crippen LogP contribution in [0, 0.1) is 0 Å². The van der Waals surface area contributed by atoms with E-state index in [0.29, 0.717) is 13.2 Å². The summed E-state index contributed by atoms with van der Waals surface area (Å²) in [5.41, 5.74) is 0. The van der Waals surface area contributed by atoms with Crippen molar-refractivity contribution in [3.05, 3.63) is 0 Å². The first kappa shape index (κ1) is 11.8. The van der Waals surface area contributed by atoms with E-state index in [1.54, 1.807) is 0 Å². The quantitative estimate of drug-likeness (QED) is 0.575. The molecule has 0 aliphatic carbocycles. The zero-order valence-electron chi connectivity index (χ0n) is 7.48. The number of halogens is 2. The van der Waals surface area contributed by atoms with Gasteiger partial charge in [-0.2, -0.15) is 0 Å². The van der Waals surface area contributed by atoms with Gasteiger partial charge in [-0.05, 0) is 13.0 Å². The highest BCUT2D eigenvalue weighted by atomic mass is 19.3. The number of rotatable bonds is 8. The molecule has 0 radical (unpaired) electrons. The van der Waals surface area contributed by atoms with Gasteiger partial charge in [-0.15, -0.1) is 0 Å². The first-order valence-electron chi connectivity index (χ1n) is 4.34. The van der Waals surface area contributed by atoms with Gasteiger partial charge in [-0.25, -0.2) is 8.78 Å². The van der Waals surface area contributed by atoms with E-state index in [0.717, 1.165) is 19.4 Å². The number of alkyl halides is 2. The summed E-state index contributed by atoms with van der Waals surface area (Å²) in [7, 11) is 0. The van der Waals surface area contributed by atoms with Crippen molar-refractivity contribution in [1.29, 1.82) is 0 Å². The molecule has 0 aromatic heterocycles. The number of ether oxygens (including phenoxy) is 1. The summed E-state index contributed by atoms with van der Waals surface area (Å²) in [6, 6.07) is 0. The summed E-state index contributed by atoms with van der Waals surface area (Å²) < 4.78 is 27.7. The largest absolute Gasteiger partial charge is 0.374 e. The molecule has 4 heteroatoms. The Morgan fingerprint density at radius 1 is 1.33 bits per heavy atom. The molecule has 0 aliphatic heterocycles. The molecule has 0 amide bonds. The van der Waals surface area contributed by atoms with E-state index < -0.39 is 13.0 Å². The maximum atomic E-state index is 11.5. The Morgan fingerprint density at radius 2 is 2.08 bits per heavy atom. The zero-order chi connectivity index (χ0) is 9.23. The molecule has 0 atom stereocenters. The number of nitrogens with one attached hydrogen (secondary N) is 1. The van der Waals surface area contributed by atoms with E-state index in [9.17, 15) is 8.78 Å². The Bertz CT molecular complexity index is 91.1. The van der Waals surface area contributed by atoms with Crippen molar-refractivity contribution < 1.29 is 13.5 Å². The van der Waals surface area contributed by atoms with Gasteiger partial charge in [0.05, 0.1) is 6.61 Å². The fourth-order valence-corrected chi connectivity index (χ4v) is 0.744. The van der Waals surface area contributed by atoms with Crippen molar-refractivity contribution in [3.63, 3.8) is 0 Å². The Labute approximate surface area is 72.3 Å². The standard InChI is InChI=1S/C8H17F2NO/c1-2-3-4-11-5-6-12-7-8(9)10/h8,11H,2-7H2,1H3. The predicted molar refractivity (Wildman–Crippen MR) is 44.6 cm³/mol. The average molecular weight is 181 g/mol. The van der Waals surface area contributed by atoms with Gasteiger partial charge in [0.25, 0.3) is 6.43 Å². The SMILES string of the molecule is CCCCNCCOCC(F)F. The van der Waals surface area contributed by atoms with Crippen LogP contribution in [0.5, 0.6) is 0 Å². The van der Waals surface area contributed by atoms with Crippen molar-refractivity contribution in [3.8, 4) is 0 Å². The molecular formula is C8H17F2NO. The van der Waals surface area contributed by atoms with Crippen LogP contribution < -0.4 is 5.32 Å². The first-order valence-corrected chi connectivity index (χ1v) is 4.34. The molecule has 0 fully saturated rings. The van der Waals surface area contributed by atoms with Gasteiger partial charge in [-0.1, -0.05) is 13.3 Å². The first-order chi connectivity index (χ1) is 5.77. The van der Waals surface area contributed by atoms with Crippen LogP contribution >= 0.6 is 0 Å². The van der Waals surface area contributed by atoms with Crippen LogP contribution in [0.3, 0.4) is 0 Å². The maximum Gasteiger partial charge on any atom is 0.261 e. The van der Waals surface area contributed by atoms with Crippen molar-refractivity contribution in [1.82, 2.24) is 5.32 Å².